The Bertz CT molecular complexity index is 548. The molecule has 0 aliphatic rings. The first-order valence-corrected chi connectivity index (χ1v) is 7.36. The van der Waals surface area contributed by atoms with Gasteiger partial charge in [0.05, 0.1) is 11.2 Å². The molecule has 0 spiro atoms. The molecule has 19 heavy (non-hydrogen) atoms. The highest BCUT2D eigenvalue weighted by atomic mass is 16.3. The van der Waals surface area contributed by atoms with Crippen LogP contribution >= 0.6 is 0 Å². The fourth-order valence-electron chi connectivity index (χ4n) is 2.41. The number of benzene rings is 1. The third kappa shape index (κ3) is 3.46. The average molecular weight is 257 g/mol. The Morgan fingerprint density at radius 3 is 2.63 bits per heavy atom. The molecule has 0 unspecified atom stereocenters. The molecular formula is C17H23NO. The summed E-state index contributed by atoms with van der Waals surface area (Å²) in [5, 5.41) is 10.8. The summed E-state index contributed by atoms with van der Waals surface area (Å²) in [5.74, 6) is 0.311. The maximum absolute atomic E-state index is 9.82. The Morgan fingerprint density at radius 2 is 1.89 bits per heavy atom. The number of nitrogens with zero attached hydrogens (tertiary/aromatic N) is 1. The maximum atomic E-state index is 9.82. The molecule has 2 heteroatoms. The van der Waals surface area contributed by atoms with Gasteiger partial charge in [0, 0.05) is 5.39 Å². The van der Waals surface area contributed by atoms with Gasteiger partial charge in [0.25, 0.3) is 0 Å². The van der Waals surface area contributed by atoms with Gasteiger partial charge in [0.2, 0.25) is 0 Å². The molecule has 1 aromatic heterocycles. The van der Waals surface area contributed by atoms with Crippen LogP contribution in [0.25, 0.3) is 10.9 Å². The van der Waals surface area contributed by atoms with Crippen LogP contribution in [0.5, 0.6) is 5.75 Å². The van der Waals surface area contributed by atoms with Gasteiger partial charge in [0.1, 0.15) is 5.75 Å². The molecule has 2 aromatic rings. The lowest BCUT2D eigenvalue weighted by molar-refractivity contribution is 0.466. The normalized spacial score (nSPS) is 11.1. The molecule has 2 nitrogen and oxygen atoms in total. The second kappa shape index (κ2) is 6.55. The molecule has 1 aromatic carbocycles. The third-order valence-corrected chi connectivity index (χ3v) is 3.59. The van der Waals surface area contributed by atoms with Crippen molar-refractivity contribution in [3.63, 3.8) is 0 Å². The summed E-state index contributed by atoms with van der Waals surface area (Å²) in [5.41, 5.74) is 3.14. The standard InChI is InChI=1S/C17H23NO/c1-3-5-6-7-8-13-9-10-14-12-17(19)15(4-2)18-16(14)11-13/h9-12,19H,3-8H2,1-2H3. The predicted molar refractivity (Wildman–Crippen MR) is 80.6 cm³/mol. The van der Waals surface area contributed by atoms with E-state index in [4.69, 9.17) is 0 Å². The van der Waals surface area contributed by atoms with E-state index in [-0.39, 0.29) is 0 Å². The number of hydrogen-bond donors (Lipinski definition) is 1. The van der Waals surface area contributed by atoms with Gasteiger partial charge in [-0.1, -0.05) is 45.2 Å². The predicted octanol–water partition coefficient (Wildman–Crippen LogP) is 4.63. The van der Waals surface area contributed by atoms with Gasteiger partial charge in [0.15, 0.2) is 0 Å². The van der Waals surface area contributed by atoms with Crippen molar-refractivity contribution in [1.29, 1.82) is 0 Å². The number of unbranched alkanes of at least 4 members (excludes halogenated alkanes) is 3. The summed E-state index contributed by atoms with van der Waals surface area (Å²) in [6, 6.07) is 8.21. The van der Waals surface area contributed by atoms with E-state index in [9.17, 15) is 5.11 Å². The van der Waals surface area contributed by atoms with E-state index in [1.54, 1.807) is 0 Å². The van der Waals surface area contributed by atoms with E-state index >= 15 is 0 Å². The summed E-state index contributed by atoms with van der Waals surface area (Å²) in [4.78, 5) is 4.55. The van der Waals surface area contributed by atoms with Gasteiger partial charge < -0.3 is 5.11 Å². The molecule has 2 rings (SSSR count). The van der Waals surface area contributed by atoms with Crippen LogP contribution in [0, 0.1) is 0 Å². The zero-order valence-corrected chi connectivity index (χ0v) is 11.9. The molecule has 0 fully saturated rings. The number of pyridine rings is 1. The first kappa shape index (κ1) is 13.9. The number of fused-ring (bicyclic) bond motifs is 1. The zero-order chi connectivity index (χ0) is 13.7. The molecule has 0 radical (unpaired) electrons. The van der Waals surface area contributed by atoms with Crippen LogP contribution in [0.3, 0.4) is 0 Å². The number of aromatic nitrogens is 1. The van der Waals surface area contributed by atoms with Gasteiger partial charge in [-0.15, -0.1) is 0 Å². The smallest absolute Gasteiger partial charge is 0.137 e. The van der Waals surface area contributed by atoms with Gasteiger partial charge >= 0.3 is 0 Å². The lowest BCUT2D eigenvalue weighted by Gasteiger charge is -2.06. The SMILES string of the molecule is CCCCCCc1ccc2cc(O)c(CC)nc2c1. The van der Waals surface area contributed by atoms with Crippen molar-refractivity contribution < 1.29 is 5.11 Å². The molecule has 0 bridgehead atoms. The maximum Gasteiger partial charge on any atom is 0.137 e. The van der Waals surface area contributed by atoms with Crippen molar-refractivity contribution in [3.05, 3.63) is 35.5 Å². The second-order valence-corrected chi connectivity index (χ2v) is 5.15. The molecule has 102 valence electrons. The van der Waals surface area contributed by atoms with E-state index in [1.165, 1.54) is 31.2 Å². The molecule has 0 saturated heterocycles. The molecule has 1 heterocycles. The summed E-state index contributed by atoms with van der Waals surface area (Å²) in [6.07, 6.45) is 7.04. The Labute approximate surface area is 115 Å². The van der Waals surface area contributed by atoms with Crippen molar-refractivity contribution in [2.24, 2.45) is 0 Å². The average Bonchev–Trinajstić information content (AvgIpc) is 2.43. The summed E-state index contributed by atoms with van der Waals surface area (Å²) in [6.45, 7) is 4.25. The molecule has 1 N–H and O–H groups in total. The molecule has 0 saturated carbocycles. The number of aryl methyl sites for hydroxylation is 2. The Balaban J connectivity index is 2.17. The molecule has 0 atom stereocenters. The lowest BCUT2D eigenvalue weighted by atomic mass is 10.0. The fourth-order valence-corrected chi connectivity index (χ4v) is 2.41. The highest BCUT2D eigenvalue weighted by molar-refractivity contribution is 5.81. The van der Waals surface area contributed by atoms with E-state index in [2.05, 4.69) is 30.1 Å². The van der Waals surface area contributed by atoms with Crippen molar-refractivity contribution in [1.82, 2.24) is 4.98 Å². The lowest BCUT2D eigenvalue weighted by Crippen LogP contribution is -1.92. The van der Waals surface area contributed by atoms with Gasteiger partial charge in [-0.3, -0.25) is 0 Å². The minimum Gasteiger partial charge on any atom is -0.506 e. The highest BCUT2D eigenvalue weighted by Gasteiger charge is 2.04. The van der Waals surface area contributed by atoms with Crippen LogP contribution in [0.2, 0.25) is 0 Å². The Hall–Kier alpha value is -1.57. The first-order valence-electron chi connectivity index (χ1n) is 7.36. The van der Waals surface area contributed by atoms with Crippen LogP contribution in [0.4, 0.5) is 0 Å². The van der Waals surface area contributed by atoms with Crippen molar-refractivity contribution in [2.75, 3.05) is 0 Å². The third-order valence-electron chi connectivity index (χ3n) is 3.59. The van der Waals surface area contributed by atoms with Crippen LogP contribution in [0.1, 0.15) is 50.8 Å². The Kier molecular flexibility index (Phi) is 4.78. The van der Waals surface area contributed by atoms with E-state index < -0.39 is 0 Å². The van der Waals surface area contributed by atoms with Crippen molar-refractivity contribution >= 4 is 10.9 Å². The molecule has 0 aliphatic heterocycles. The summed E-state index contributed by atoms with van der Waals surface area (Å²) < 4.78 is 0. The van der Waals surface area contributed by atoms with Crippen LogP contribution in [-0.2, 0) is 12.8 Å². The van der Waals surface area contributed by atoms with E-state index in [0.717, 1.165) is 29.4 Å². The number of hydrogen-bond acceptors (Lipinski definition) is 2. The minimum absolute atomic E-state index is 0.311. The minimum atomic E-state index is 0.311. The molecule has 0 amide bonds. The van der Waals surface area contributed by atoms with Crippen molar-refractivity contribution in [2.45, 2.75) is 52.4 Å². The summed E-state index contributed by atoms with van der Waals surface area (Å²) >= 11 is 0. The quantitative estimate of drug-likeness (QED) is 0.766. The van der Waals surface area contributed by atoms with Crippen LogP contribution < -0.4 is 0 Å². The fraction of sp³-hybridized carbons (Fsp3) is 0.471. The van der Waals surface area contributed by atoms with Gasteiger partial charge in [-0.05, 0) is 37.0 Å². The van der Waals surface area contributed by atoms with E-state index in [0.29, 0.717) is 5.75 Å². The Morgan fingerprint density at radius 1 is 1.05 bits per heavy atom. The second-order valence-electron chi connectivity index (χ2n) is 5.15. The van der Waals surface area contributed by atoms with Crippen LogP contribution in [0.15, 0.2) is 24.3 Å². The van der Waals surface area contributed by atoms with Gasteiger partial charge in [-0.2, -0.15) is 0 Å². The molecular weight excluding hydrogens is 234 g/mol. The first-order chi connectivity index (χ1) is 9.24. The van der Waals surface area contributed by atoms with E-state index in [1.807, 2.05) is 13.0 Å². The highest BCUT2D eigenvalue weighted by Crippen LogP contribution is 2.23. The van der Waals surface area contributed by atoms with Crippen LogP contribution in [-0.4, -0.2) is 10.1 Å². The topological polar surface area (TPSA) is 33.1 Å². The number of aromatic hydroxyl groups is 1. The van der Waals surface area contributed by atoms with Gasteiger partial charge in [-0.25, -0.2) is 4.98 Å². The monoisotopic (exact) mass is 257 g/mol. The zero-order valence-electron chi connectivity index (χ0n) is 11.9. The summed E-state index contributed by atoms with van der Waals surface area (Å²) in [7, 11) is 0. The molecule has 0 aliphatic carbocycles. The van der Waals surface area contributed by atoms with Crippen molar-refractivity contribution in [3.8, 4) is 5.75 Å². The number of rotatable bonds is 6. The largest absolute Gasteiger partial charge is 0.506 e.